The van der Waals surface area contributed by atoms with Gasteiger partial charge in [0.25, 0.3) is 0 Å². The molecule has 0 radical (unpaired) electrons. The van der Waals surface area contributed by atoms with Gasteiger partial charge in [-0.05, 0) is 31.9 Å². The Labute approximate surface area is 138 Å². The van der Waals surface area contributed by atoms with E-state index in [1.54, 1.807) is 0 Å². The molecule has 1 fully saturated rings. The summed E-state index contributed by atoms with van der Waals surface area (Å²) in [5.41, 5.74) is -1.53. The highest BCUT2D eigenvalue weighted by Crippen LogP contribution is 2.32. The third kappa shape index (κ3) is 5.36. The summed E-state index contributed by atoms with van der Waals surface area (Å²) in [5.74, 6) is -1.35. The summed E-state index contributed by atoms with van der Waals surface area (Å²) < 4.78 is 51.7. The predicted molar refractivity (Wildman–Crippen MR) is 81.9 cm³/mol. The second kappa shape index (κ2) is 8.32. The maximum Gasteiger partial charge on any atom is 0.419 e. The van der Waals surface area contributed by atoms with E-state index in [1.807, 2.05) is 0 Å². The van der Waals surface area contributed by atoms with Crippen LogP contribution in [0.3, 0.4) is 0 Å². The normalized spacial score (nSPS) is 18.2. The van der Waals surface area contributed by atoms with E-state index >= 15 is 0 Å². The van der Waals surface area contributed by atoms with Crippen molar-refractivity contribution < 1.29 is 22.4 Å². The number of amides is 2. The second-order valence-electron chi connectivity index (χ2n) is 5.82. The minimum Gasteiger partial charge on any atom is -0.338 e. The van der Waals surface area contributed by atoms with Crippen molar-refractivity contribution in [3.05, 3.63) is 35.1 Å². The number of carbonyl (C=O) groups is 1. The number of hydrogen-bond donors (Lipinski definition) is 3. The van der Waals surface area contributed by atoms with Crippen LogP contribution in [-0.4, -0.2) is 25.2 Å². The minimum absolute atomic E-state index is 0.200. The first-order valence-electron chi connectivity index (χ1n) is 7.97. The number of urea groups is 1. The van der Waals surface area contributed by atoms with Gasteiger partial charge in [0, 0.05) is 24.7 Å². The fourth-order valence-electron chi connectivity index (χ4n) is 2.70. The van der Waals surface area contributed by atoms with E-state index in [0.29, 0.717) is 18.7 Å². The molecule has 4 nitrogen and oxygen atoms in total. The first-order chi connectivity index (χ1) is 11.4. The van der Waals surface area contributed by atoms with Gasteiger partial charge in [-0.3, -0.25) is 0 Å². The maximum atomic E-state index is 13.8. The number of halogens is 4. The maximum absolute atomic E-state index is 13.8. The highest BCUT2D eigenvalue weighted by molar-refractivity contribution is 5.73. The molecule has 3 N–H and O–H groups in total. The number of hydrogen-bond acceptors (Lipinski definition) is 2. The largest absolute Gasteiger partial charge is 0.419 e. The van der Waals surface area contributed by atoms with Gasteiger partial charge in [-0.2, -0.15) is 13.2 Å². The van der Waals surface area contributed by atoms with Crippen molar-refractivity contribution in [1.29, 1.82) is 0 Å². The summed E-state index contributed by atoms with van der Waals surface area (Å²) in [6.45, 7) is 1.13. The molecule has 1 heterocycles. The smallest absolute Gasteiger partial charge is 0.338 e. The van der Waals surface area contributed by atoms with E-state index in [1.165, 1.54) is 12.5 Å². The highest BCUT2D eigenvalue weighted by Gasteiger charge is 2.34. The van der Waals surface area contributed by atoms with E-state index in [2.05, 4.69) is 16.0 Å². The molecule has 1 saturated heterocycles. The molecular weight excluding hydrogens is 326 g/mol. The van der Waals surface area contributed by atoms with Gasteiger partial charge >= 0.3 is 12.2 Å². The van der Waals surface area contributed by atoms with Crippen LogP contribution in [0.5, 0.6) is 0 Å². The SMILES string of the molecule is O=C(NCC[C@H]1CCCCN1)NCc1cccc(C(F)(F)F)c1F. The first kappa shape index (κ1) is 18.5. The summed E-state index contributed by atoms with van der Waals surface area (Å²) in [5, 5.41) is 8.36. The monoisotopic (exact) mass is 347 g/mol. The van der Waals surface area contributed by atoms with Crippen molar-refractivity contribution >= 4 is 6.03 Å². The molecular formula is C16H21F4N3O. The zero-order chi connectivity index (χ0) is 17.6. The summed E-state index contributed by atoms with van der Waals surface area (Å²) in [6.07, 6.45) is -0.578. The summed E-state index contributed by atoms with van der Waals surface area (Å²) >= 11 is 0. The molecule has 134 valence electrons. The van der Waals surface area contributed by atoms with Gasteiger partial charge < -0.3 is 16.0 Å². The second-order valence-corrected chi connectivity index (χ2v) is 5.82. The van der Waals surface area contributed by atoms with Gasteiger partial charge in [0.05, 0.1) is 5.56 Å². The number of carbonyl (C=O) groups excluding carboxylic acids is 1. The van der Waals surface area contributed by atoms with Crippen molar-refractivity contribution in [2.45, 2.75) is 44.4 Å². The van der Waals surface area contributed by atoms with Crippen molar-refractivity contribution in [3.63, 3.8) is 0 Å². The van der Waals surface area contributed by atoms with Crippen LogP contribution in [0.2, 0.25) is 0 Å². The summed E-state index contributed by atoms with van der Waals surface area (Å²) in [6, 6.07) is 2.87. The van der Waals surface area contributed by atoms with Gasteiger partial charge in [-0.1, -0.05) is 18.6 Å². The predicted octanol–water partition coefficient (Wildman–Crippen LogP) is 3.18. The molecule has 8 heteroatoms. The molecule has 0 bridgehead atoms. The Morgan fingerprint density at radius 2 is 2.04 bits per heavy atom. The molecule has 0 aliphatic carbocycles. The average Bonchev–Trinajstić information content (AvgIpc) is 2.54. The Morgan fingerprint density at radius 1 is 1.25 bits per heavy atom. The van der Waals surface area contributed by atoms with E-state index in [-0.39, 0.29) is 12.1 Å². The fourth-order valence-corrected chi connectivity index (χ4v) is 2.70. The molecule has 0 unspecified atom stereocenters. The molecule has 0 aromatic heterocycles. The fraction of sp³-hybridized carbons (Fsp3) is 0.562. The van der Waals surface area contributed by atoms with Gasteiger partial charge in [0.2, 0.25) is 0 Å². The van der Waals surface area contributed by atoms with E-state index in [4.69, 9.17) is 0 Å². The molecule has 1 aliphatic rings. The molecule has 24 heavy (non-hydrogen) atoms. The minimum atomic E-state index is -4.75. The lowest BCUT2D eigenvalue weighted by Gasteiger charge is -2.23. The van der Waals surface area contributed by atoms with Crippen molar-refractivity contribution in [1.82, 2.24) is 16.0 Å². The Balaban J connectivity index is 1.77. The number of benzene rings is 1. The van der Waals surface area contributed by atoms with Gasteiger partial charge in [0.1, 0.15) is 5.82 Å². The number of rotatable bonds is 5. The van der Waals surface area contributed by atoms with Crippen LogP contribution in [0, 0.1) is 5.82 Å². The standard InChI is InChI=1S/C16H21F4N3O/c17-14-11(4-3-6-13(14)16(18,19)20)10-23-15(24)22-9-7-12-5-1-2-8-21-12/h3-4,6,12,21H,1-2,5,7-10H2,(H2,22,23,24)/t12-/m1/s1. The summed E-state index contributed by atoms with van der Waals surface area (Å²) in [7, 11) is 0. The van der Waals surface area contributed by atoms with Crippen LogP contribution in [0.15, 0.2) is 18.2 Å². The van der Waals surface area contributed by atoms with Gasteiger partial charge in [-0.25, -0.2) is 9.18 Å². The third-order valence-corrected chi connectivity index (χ3v) is 4.01. The van der Waals surface area contributed by atoms with Gasteiger partial charge in [0.15, 0.2) is 0 Å². The van der Waals surface area contributed by atoms with E-state index in [0.717, 1.165) is 31.9 Å². The quantitative estimate of drug-likeness (QED) is 0.717. The average molecular weight is 347 g/mol. The molecule has 2 rings (SSSR count). The topological polar surface area (TPSA) is 53.2 Å². The zero-order valence-electron chi connectivity index (χ0n) is 13.2. The Hall–Kier alpha value is -1.83. The lowest BCUT2D eigenvalue weighted by atomic mass is 10.0. The Kier molecular flexibility index (Phi) is 6.42. The molecule has 1 atom stereocenters. The lowest BCUT2D eigenvalue weighted by molar-refractivity contribution is -0.140. The third-order valence-electron chi connectivity index (χ3n) is 4.01. The highest BCUT2D eigenvalue weighted by atomic mass is 19.4. The Bertz CT molecular complexity index is 557. The van der Waals surface area contributed by atoms with Crippen LogP contribution < -0.4 is 16.0 Å². The number of piperidine rings is 1. The van der Waals surface area contributed by atoms with Crippen LogP contribution in [-0.2, 0) is 12.7 Å². The van der Waals surface area contributed by atoms with Crippen LogP contribution in [0.25, 0.3) is 0 Å². The first-order valence-corrected chi connectivity index (χ1v) is 7.97. The Morgan fingerprint density at radius 3 is 2.71 bits per heavy atom. The summed E-state index contributed by atoms with van der Waals surface area (Å²) in [4.78, 5) is 11.7. The molecule has 0 spiro atoms. The van der Waals surface area contributed by atoms with E-state index < -0.39 is 23.6 Å². The van der Waals surface area contributed by atoms with Crippen LogP contribution in [0.1, 0.15) is 36.8 Å². The zero-order valence-corrected chi connectivity index (χ0v) is 13.2. The van der Waals surface area contributed by atoms with Crippen LogP contribution >= 0.6 is 0 Å². The molecule has 1 aliphatic heterocycles. The van der Waals surface area contributed by atoms with Crippen molar-refractivity contribution in [2.75, 3.05) is 13.1 Å². The molecule has 2 amide bonds. The molecule has 1 aromatic carbocycles. The van der Waals surface area contributed by atoms with Gasteiger partial charge in [-0.15, -0.1) is 0 Å². The van der Waals surface area contributed by atoms with Crippen molar-refractivity contribution in [2.24, 2.45) is 0 Å². The molecule has 0 saturated carbocycles. The number of alkyl halides is 3. The van der Waals surface area contributed by atoms with Crippen molar-refractivity contribution in [3.8, 4) is 0 Å². The molecule has 1 aromatic rings. The van der Waals surface area contributed by atoms with Crippen LogP contribution in [0.4, 0.5) is 22.4 Å². The van der Waals surface area contributed by atoms with E-state index in [9.17, 15) is 22.4 Å². The number of nitrogens with one attached hydrogen (secondary N) is 3. The lowest BCUT2D eigenvalue weighted by Crippen LogP contribution is -2.40.